The van der Waals surface area contributed by atoms with E-state index in [9.17, 15) is 9.59 Å². The van der Waals surface area contributed by atoms with Crippen molar-refractivity contribution in [1.82, 2.24) is 20.1 Å². The number of aromatic nitrogens is 3. The van der Waals surface area contributed by atoms with Crippen molar-refractivity contribution in [2.75, 3.05) is 6.54 Å². The molecular formula is C22H26N4O2. The number of hydrogen-bond donors (Lipinski definition) is 2. The first-order valence-electron chi connectivity index (χ1n) is 10.1. The predicted octanol–water partition coefficient (Wildman–Crippen LogP) is 3.66. The van der Waals surface area contributed by atoms with E-state index < -0.39 is 0 Å². The largest absolute Gasteiger partial charge is 0.356 e. The first kappa shape index (κ1) is 18.5. The molecule has 2 aromatic heterocycles. The fourth-order valence-corrected chi connectivity index (χ4v) is 4.13. The molecule has 0 fully saturated rings. The summed E-state index contributed by atoms with van der Waals surface area (Å²) in [6.45, 7) is 1.33. The Morgan fingerprint density at radius 1 is 1.21 bits per heavy atom. The number of carbonyl (C=O) groups is 1. The van der Waals surface area contributed by atoms with Crippen LogP contribution in [0, 0.1) is 0 Å². The molecule has 2 N–H and O–H groups in total. The van der Waals surface area contributed by atoms with Crippen molar-refractivity contribution in [3.8, 4) is 0 Å². The first-order chi connectivity index (χ1) is 13.7. The normalized spacial score (nSPS) is 14.4. The van der Waals surface area contributed by atoms with E-state index in [2.05, 4.69) is 21.6 Å². The quantitative estimate of drug-likeness (QED) is 0.616. The number of benzene rings is 1. The van der Waals surface area contributed by atoms with E-state index in [-0.39, 0.29) is 11.5 Å². The Bertz CT molecular complexity index is 1080. The number of hydrogen-bond acceptors (Lipinski definition) is 3. The molecule has 4 rings (SSSR count). The molecule has 1 aromatic carbocycles. The van der Waals surface area contributed by atoms with Gasteiger partial charge in [-0.05, 0) is 44.6 Å². The van der Waals surface area contributed by atoms with Crippen LogP contribution in [0.5, 0.6) is 0 Å². The topological polar surface area (TPSA) is 79.8 Å². The van der Waals surface area contributed by atoms with Gasteiger partial charge in [0.2, 0.25) is 5.91 Å². The van der Waals surface area contributed by atoms with Crippen LogP contribution in [0.15, 0.2) is 46.9 Å². The van der Waals surface area contributed by atoms with Crippen LogP contribution in [-0.4, -0.2) is 27.2 Å². The van der Waals surface area contributed by atoms with Crippen LogP contribution in [0.25, 0.3) is 21.8 Å². The fraction of sp³-hybridized carbons (Fsp3) is 0.409. The Hall–Kier alpha value is -2.89. The van der Waals surface area contributed by atoms with Crippen molar-refractivity contribution in [2.45, 2.75) is 51.5 Å². The van der Waals surface area contributed by atoms with Gasteiger partial charge in [-0.3, -0.25) is 9.59 Å². The molecule has 0 radical (unpaired) electrons. The highest BCUT2D eigenvalue weighted by molar-refractivity contribution is 6.07. The number of carbonyl (C=O) groups excluding carboxylic acids is 1. The molecule has 0 saturated carbocycles. The van der Waals surface area contributed by atoms with Gasteiger partial charge in [0.25, 0.3) is 5.56 Å². The standard InChI is InChI=1S/C22H26N4O2/c27-20(23-13-12-16-7-2-1-3-8-16)11-6-14-26-19-10-5-4-9-17(19)18-15-24-25-22(28)21(18)26/h4-5,7,9-10,15H,1-3,6,8,11-14H2,(H,23,27)(H,25,28). The maximum Gasteiger partial charge on any atom is 0.288 e. The highest BCUT2D eigenvalue weighted by Crippen LogP contribution is 2.26. The van der Waals surface area contributed by atoms with Gasteiger partial charge in [0.15, 0.2) is 0 Å². The molecule has 3 aromatic rings. The summed E-state index contributed by atoms with van der Waals surface area (Å²) in [5, 5.41) is 11.4. The number of rotatable bonds is 7. The lowest BCUT2D eigenvalue weighted by atomic mass is 9.97. The zero-order chi connectivity index (χ0) is 19.3. The zero-order valence-corrected chi connectivity index (χ0v) is 16.0. The van der Waals surface area contributed by atoms with Gasteiger partial charge < -0.3 is 9.88 Å². The minimum absolute atomic E-state index is 0.0766. The number of H-pyrrole nitrogens is 1. The molecule has 0 atom stereocenters. The van der Waals surface area contributed by atoms with Crippen LogP contribution in [0.1, 0.15) is 44.9 Å². The van der Waals surface area contributed by atoms with E-state index in [4.69, 9.17) is 0 Å². The number of nitrogens with zero attached hydrogens (tertiary/aromatic N) is 2. The second kappa shape index (κ2) is 8.42. The summed E-state index contributed by atoms with van der Waals surface area (Å²) in [6, 6.07) is 7.93. The average molecular weight is 378 g/mol. The second-order valence-corrected chi connectivity index (χ2v) is 7.44. The minimum Gasteiger partial charge on any atom is -0.356 e. The molecule has 1 aliphatic rings. The van der Waals surface area contributed by atoms with Gasteiger partial charge in [-0.15, -0.1) is 0 Å². The van der Waals surface area contributed by atoms with Crippen LogP contribution in [0.2, 0.25) is 0 Å². The average Bonchev–Trinajstić information content (AvgIpc) is 3.04. The number of para-hydroxylation sites is 1. The van der Waals surface area contributed by atoms with E-state index in [0.717, 1.165) is 22.7 Å². The Balaban J connectivity index is 1.38. The van der Waals surface area contributed by atoms with Crippen LogP contribution >= 0.6 is 0 Å². The minimum atomic E-state index is -0.195. The summed E-state index contributed by atoms with van der Waals surface area (Å²) in [5.41, 5.74) is 2.91. The Labute approximate surface area is 163 Å². The smallest absolute Gasteiger partial charge is 0.288 e. The summed E-state index contributed by atoms with van der Waals surface area (Å²) in [7, 11) is 0. The van der Waals surface area contributed by atoms with E-state index in [1.54, 1.807) is 6.20 Å². The Morgan fingerprint density at radius 2 is 2.11 bits per heavy atom. The van der Waals surface area contributed by atoms with Crippen LogP contribution in [0.4, 0.5) is 0 Å². The summed E-state index contributed by atoms with van der Waals surface area (Å²) >= 11 is 0. The number of fused-ring (bicyclic) bond motifs is 3. The molecule has 1 aliphatic carbocycles. The van der Waals surface area contributed by atoms with Crippen molar-refractivity contribution in [2.24, 2.45) is 0 Å². The maximum absolute atomic E-state index is 12.3. The predicted molar refractivity (Wildman–Crippen MR) is 111 cm³/mol. The van der Waals surface area contributed by atoms with Crippen LogP contribution in [-0.2, 0) is 11.3 Å². The number of aromatic amines is 1. The maximum atomic E-state index is 12.3. The molecule has 146 valence electrons. The van der Waals surface area contributed by atoms with Gasteiger partial charge in [-0.2, -0.15) is 5.10 Å². The van der Waals surface area contributed by atoms with Crippen molar-refractivity contribution in [3.63, 3.8) is 0 Å². The van der Waals surface area contributed by atoms with Crippen molar-refractivity contribution in [3.05, 3.63) is 52.5 Å². The lowest BCUT2D eigenvalue weighted by Crippen LogP contribution is -2.25. The molecular weight excluding hydrogens is 352 g/mol. The molecule has 1 amide bonds. The molecule has 0 aliphatic heterocycles. The fourth-order valence-electron chi connectivity index (χ4n) is 4.13. The molecule has 0 saturated heterocycles. The Morgan fingerprint density at radius 3 is 2.96 bits per heavy atom. The number of amides is 1. The van der Waals surface area contributed by atoms with Gasteiger partial charge in [-0.1, -0.05) is 29.8 Å². The summed E-state index contributed by atoms with van der Waals surface area (Å²) < 4.78 is 2.01. The third kappa shape index (κ3) is 3.86. The zero-order valence-electron chi connectivity index (χ0n) is 16.0. The van der Waals surface area contributed by atoms with Crippen LogP contribution in [0.3, 0.4) is 0 Å². The number of allylic oxidation sites excluding steroid dienone is 1. The van der Waals surface area contributed by atoms with Gasteiger partial charge in [0.1, 0.15) is 5.52 Å². The lowest BCUT2D eigenvalue weighted by molar-refractivity contribution is -0.121. The molecule has 0 spiro atoms. The monoisotopic (exact) mass is 378 g/mol. The molecule has 0 bridgehead atoms. The van der Waals surface area contributed by atoms with Crippen molar-refractivity contribution in [1.29, 1.82) is 0 Å². The second-order valence-electron chi connectivity index (χ2n) is 7.44. The number of nitrogens with one attached hydrogen (secondary N) is 2. The van der Waals surface area contributed by atoms with Crippen molar-refractivity contribution >= 4 is 27.7 Å². The van der Waals surface area contributed by atoms with Gasteiger partial charge >= 0.3 is 0 Å². The van der Waals surface area contributed by atoms with E-state index in [1.165, 1.54) is 31.3 Å². The van der Waals surface area contributed by atoms with E-state index >= 15 is 0 Å². The summed E-state index contributed by atoms with van der Waals surface area (Å²) in [4.78, 5) is 24.5. The van der Waals surface area contributed by atoms with Gasteiger partial charge in [0.05, 0.1) is 6.20 Å². The lowest BCUT2D eigenvalue weighted by Gasteiger charge is -2.13. The molecule has 6 heteroatoms. The summed E-state index contributed by atoms with van der Waals surface area (Å²) in [6.07, 6.45) is 11.0. The van der Waals surface area contributed by atoms with Gasteiger partial charge in [0, 0.05) is 35.8 Å². The number of aryl methyl sites for hydroxylation is 1. The van der Waals surface area contributed by atoms with E-state index in [0.29, 0.717) is 31.4 Å². The molecule has 28 heavy (non-hydrogen) atoms. The molecule has 0 unspecified atom stereocenters. The Kier molecular flexibility index (Phi) is 5.55. The third-order valence-corrected chi connectivity index (χ3v) is 5.52. The highest BCUT2D eigenvalue weighted by atomic mass is 16.1. The molecule has 6 nitrogen and oxygen atoms in total. The van der Waals surface area contributed by atoms with Gasteiger partial charge in [-0.25, -0.2) is 5.10 Å². The van der Waals surface area contributed by atoms with E-state index in [1.807, 2.05) is 28.8 Å². The van der Waals surface area contributed by atoms with Crippen molar-refractivity contribution < 1.29 is 4.79 Å². The summed E-state index contributed by atoms with van der Waals surface area (Å²) in [5.74, 6) is 0.0766. The van der Waals surface area contributed by atoms with Crippen LogP contribution < -0.4 is 10.9 Å². The first-order valence-corrected chi connectivity index (χ1v) is 10.1. The SMILES string of the molecule is O=C(CCCn1c2ccccc2c2cn[nH]c(=O)c21)NCCC1=CCCCC1. The third-order valence-electron chi connectivity index (χ3n) is 5.52. The highest BCUT2D eigenvalue weighted by Gasteiger charge is 2.13. The molecule has 2 heterocycles.